The van der Waals surface area contributed by atoms with Gasteiger partial charge in [-0.25, -0.2) is 0 Å². The van der Waals surface area contributed by atoms with E-state index in [0.717, 1.165) is 62.5 Å². The highest BCUT2D eigenvalue weighted by molar-refractivity contribution is 6.31. The highest BCUT2D eigenvalue weighted by Crippen LogP contribution is 2.77. The molecule has 5 aliphatic carbocycles. The molecule has 0 bridgehead atoms. The molecule has 54 heavy (non-hydrogen) atoms. The summed E-state index contributed by atoms with van der Waals surface area (Å²) in [6.45, 7) is 21.7. The van der Waals surface area contributed by atoms with Crippen LogP contribution in [-0.4, -0.2) is 34.7 Å². The van der Waals surface area contributed by atoms with Gasteiger partial charge in [0.05, 0.1) is 11.8 Å². The number of fused-ring (bicyclic) bond motifs is 7. The summed E-state index contributed by atoms with van der Waals surface area (Å²) in [6.07, 6.45) is 12.3. The summed E-state index contributed by atoms with van der Waals surface area (Å²) in [6, 6.07) is 7.74. The van der Waals surface area contributed by atoms with E-state index in [1.165, 1.54) is 5.57 Å². The molecule has 0 aliphatic heterocycles. The second-order valence-electron chi connectivity index (χ2n) is 20.5. The second-order valence-corrected chi connectivity index (χ2v) is 20.9. The maximum Gasteiger partial charge on any atom is 0.309 e. The molecule has 0 amide bonds. The Balaban J connectivity index is 1.27. The Morgan fingerprint density at radius 2 is 1.61 bits per heavy atom. The lowest BCUT2D eigenvalue weighted by Gasteiger charge is -2.72. The second kappa shape index (κ2) is 14.0. The van der Waals surface area contributed by atoms with Gasteiger partial charge < -0.3 is 9.84 Å². The largest absolute Gasteiger partial charge is 0.481 e. The Morgan fingerprint density at radius 1 is 0.926 bits per heavy atom. The van der Waals surface area contributed by atoms with E-state index in [1.54, 1.807) is 19.9 Å². The summed E-state index contributed by atoms with van der Waals surface area (Å²) in [7, 11) is 0. The number of esters is 1. The Labute approximate surface area is 329 Å². The van der Waals surface area contributed by atoms with Crippen molar-refractivity contribution in [2.45, 2.75) is 152 Å². The van der Waals surface area contributed by atoms with Crippen LogP contribution in [0, 0.1) is 56.2 Å². The monoisotopic (exact) mass is 760 g/mol. The third-order valence-corrected chi connectivity index (χ3v) is 16.7. The van der Waals surface area contributed by atoms with Crippen LogP contribution in [0.15, 0.2) is 47.6 Å². The van der Waals surface area contributed by atoms with E-state index in [1.807, 2.05) is 24.3 Å². The number of halogens is 1. The van der Waals surface area contributed by atoms with E-state index in [0.29, 0.717) is 29.7 Å². The molecular formula is C47H65ClO6. The van der Waals surface area contributed by atoms with Gasteiger partial charge in [-0.15, -0.1) is 0 Å². The van der Waals surface area contributed by atoms with Crippen molar-refractivity contribution in [2.75, 3.05) is 0 Å². The third kappa shape index (κ3) is 6.46. The molecule has 0 heterocycles. The minimum absolute atomic E-state index is 0.000215. The lowest BCUT2D eigenvalue weighted by Crippen LogP contribution is -2.65. The van der Waals surface area contributed by atoms with Gasteiger partial charge in [-0.3, -0.25) is 19.2 Å². The summed E-state index contributed by atoms with van der Waals surface area (Å²) in [5, 5.41) is 10.3. The predicted octanol–water partition coefficient (Wildman–Crippen LogP) is 11.4. The van der Waals surface area contributed by atoms with Gasteiger partial charge in [0.15, 0.2) is 11.6 Å². The van der Waals surface area contributed by atoms with E-state index >= 15 is 0 Å². The Bertz CT molecular complexity index is 1770. The van der Waals surface area contributed by atoms with Crippen LogP contribution in [0.3, 0.4) is 0 Å². The number of aliphatic carboxylic acids is 1. The van der Waals surface area contributed by atoms with Crippen molar-refractivity contribution < 1.29 is 29.0 Å². The lowest BCUT2D eigenvalue weighted by atomic mass is 9.33. The standard InChI is InChI=1S/C47H65ClO6/c1-28(2)39-34(50)26-47(22-17-30(49)25-29(3)31-13-11-12-14-33(31)48)24-23-45(9)32(40(39)47)15-16-36-44(8)20-19-37(54-38(51)27-42(4,5)41(52)53)43(6,7)35(44)18-21-46(36,45)10/h11-14,17,22,28-29,32,35-37H,15-16,18-21,23-27H2,1-10H3,(H,52,53)/b22-17+/t29-,32-,35+,36-,37+,44+,45-,46-,47+/m1/s1. The van der Waals surface area contributed by atoms with E-state index < -0.39 is 22.8 Å². The van der Waals surface area contributed by atoms with Gasteiger partial charge in [0, 0.05) is 28.7 Å². The summed E-state index contributed by atoms with van der Waals surface area (Å²) in [4.78, 5) is 52.5. The summed E-state index contributed by atoms with van der Waals surface area (Å²) >= 11 is 6.48. The minimum atomic E-state index is -1.17. The number of carboxylic acid groups (broad SMARTS) is 1. The molecule has 0 radical (unpaired) electrons. The molecule has 1 aromatic carbocycles. The molecule has 7 heteroatoms. The van der Waals surface area contributed by atoms with E-state index in [-0.39, 0.29) is 63.5 Å². The number of carboxylic acids is 1. The number of benzene rings is 1. The van der Waals surface area contributed by atoms with Crippen LogP contribution in [0.2, 0.25) is 5.02 Å². The quantitative estimate of drug-likeness (QED) is 0.188. The van der Waals surface area contributed by atoms with Gasteiger partial charge in [0.1, 0.15) is 6.10 Å². The number of ketones is 2. The first-order valence-electron chi connectivity index (χ1n) is 20.7. The Hall–Kier alpha value is -2.73. The summed E-state index contributed by atoms with van der Waals surface area (Å²) in [5.41, 5.74) is 1.64. The van der Waals surface area contributed by atoms with Gasteiger partial charge >= 0.3 is 11.9 Å². The fraction of sp³-hybridized carbons (Fsp3) is 0.702. The molecule has 0 spiro atoms. The van der Waals surface area contributed by atoms with Gasteiger partial charge in [-0.05, 0) is 140 Å². The normalized spacial score (nSPS) is 36.6. The van der Waals surface area contributed by atoms with Crippen LogP contribution >= 0.6 is 11.6 Å². The van der Waals surface area contributed by atoms with Crippen LogP contribution in [0.5, 0.6) is 0 Å². The molecule has 5 aliphatic rings. The molecule has 4 saturated carbocycles. The van der Waals surface area contributed by atoms with Gasteiger partial charge in [0.2, 0.25) is 0 Å². The first kappa shape index (κ1) is 40.9. The zero-order chi connectivity index (χ0) is 39.8. The maximum absolute atomic E-state index is 14.0. The predicted molar refractivity (Wildman–Crippen MR) is 214 cm³/mol. The van der Waals surface area contributed by atoms with Crippen molar-refractivity contribution in [3.8, 4) is 0 Å². The molecule has 1 N–H and O–H groups in total. The lowest BCUT2D eigenvalue weighted by molar-refractivity contribution is -0.232. The van der Waals surface area contributed by atoms with E-state index in [2.05, 4.69) is 61.5 Å². The molecule has 296 valence electrons. The first-order chi connectivity index (χ1) is 25.0. The molecule has 6 nitrogen and oxygen atoms in total. The SMILES string of the molecule is CC(C)C1=C2[C@H]3CC[C@@H]4[C@@]5(C)CC[C@H](OC(=O)CC(C)(C)C(=O)O)C(C)(C)[C@@H]5CC[C@@]4(C)[C@]3(C)CC[C@@]2(/C=C/C(=O)C[C@@H](C)c2ccccc2Cl)CC1=O. The summed E-state index contributed by atoms with van der Waals surface area (Å²) < 4.78 is 6.17. The van der Waals surface area contributed by atoms with Crippen LogP contribution in [0.4, 0.5) is 0 Å². The number of Topliss-reactive ketones (excluding diaryl/α,β-unsaturated/α-hetero) is 1. The molecule has 1 aromatic rings. The van der Waals surface area contributed by atoms with Crippen molar-refractivity contribution in [2.24, 2.45) is 56.2 Å². The smallest absolute Gasteiger partial charge is 0.309 e. The zero-order valence-corrected chi connectivity index (χ0v) is 35.3. The number of rotatable bonds is 10. The molecular weight excluding hydrogens is 696 g/mol. The average Bonchev–Trinajstić information content (AvgIpc) is 3.37. The van der Waals surface area contributed by atoms with Crippen molar-refractivity contribution in [1.29, 1.82) is 0 Å². The molecule has 0 unspecified atom stereocenters. The van der Waals surface area contributed by atoms with Crippen LogP contribution in [0.25, 0.3) is 0 Å². The van der Waals surface area contributed by atoms with Gasteiger partial charge in [0.25, 0.3) is 0 Å². The molecule has 0 aromatic heterocycles. The molecule has 4 fully saturated rings. The van der Waals surface area contributed by atoms with Crippen molar-refractivity contribution >= 4 is 35.1 Å². The number of carbonyl (C=O) groups is 4. The van der Waals surface area contributed by atoms with Gasteiger partial charge in [-0.1, -0.05) is 91.3 Å². The molecule has 6 rings (SSSR count). The maximum atomic E-state index is 14.0. The third-order valence-electron chi connectivity index (χ3n) is 16.4. The van der Waals surface area contributed by atoms with Crippen LogP contribution < -0.4 is 0 Å². The molecule has 0 saturated heterocycles. The number of ether oxygens (including phenoxy) is 1. The fourth-order valence-corrected chi connectivity index (χ4v) is 13.6. The van der Waals surface area contributed by atoms with Crippen molar-refractivity contribution in [3.63, 3.8) is 0 Å². The Morgan fingerprint density at radius 3 is 2.26 bits per heavy atom. The number of allylic oxidation sites excluding steroid dienone is 4. The van der Waals surface area contributed by atoms with Gasteiger partial charge in [-0.2, -0.15) is 0 Å². The summed E-state index contributed by atoms with van der Waals surface area (Å²) in [5.74, 6) is 0.176. The first-order valence-corrected chi connectivity index (χ1v) is 21.1. The van der Waals surface area contributed by atoms with Crippen molar-refractivity contribution in [1.82, 2.24) is 0 Å². The fourth-order valence-electron chi connectivity index (χ4n) is 13.3. The number of hydrogen-bond acceptors (Lipinski definition) is 5. The Kier molecular flexibility index (Phi) is 10.6. The zero-order valence-electron chi connectivity index (χ0n) is 34.6. The van der Waals surface area contributed by atoms with Crippen molar-refractivity contribution in [3.05, 3.63) is 58.1 Å². The highest BCUT2D eigenvalue weighted by atomic mass is 35.5. The van der Waals surface area contributed by atoms with E-state index in [9.17, 15) is 24.3 Å². The van der Waals surface area contributed by atoms with Crippen LogP contribution in [-0.2, 0) is 23.9 Å². The molecule has 9 atom stereocenters. The average molecular weight is 761 g/mol. The topological polar surface area (TPSA) is 97.7 Å². The van der Waals surface area contributed by atoms with Crippen LogP contribution in [0.1, 0.15) is 151 Å². The highest BCUT2D eigenvalue weighted by Gasteiger charge is 2.70. The number of hydrogen-bond donors (Lipinski definition) is 1. The van der Waals surface area contributed by atoms with E-state index in [4.69, 9.17) is 16.3 Å². The minimum Gasteiger partial charge on any atom is -0.481 e. The number of carbonyl (C=O) groups excluding carboxylic acids is 3.